The first kappa shape index (κ1) is 12.1. The maximum atomic E-state index is 6.20. The molecule has 1 aromatic heterocycles. The Hall–Kier alpha value is -0.330. The van der Waals surface area contributed by atoms with Crippen LogP contribution in [0.4, 0.5) is 0 Å². The van der Waals surface area contributed by atoms with Gasteiger partial charge in [-0.3, -0.25) is 0 Å². The number of hydrogen-bond donors (Lipinski definition) is 1. The van der Waals surface area contributed by atoms with Gasteiger partial charge in [0, 0.05) is 3.57 Å². The van der Waals surface area contributed by atoms with E-state index in [0.29, 0.717) is 0 Å². The van der Waals surface area contributed by atoms with Crippen LogP contribution >= 0.6 is 38.5 Å². The van der Waals surface area contributed by atoms with Gasteiger partial charge in [-0.15, -0.1) is 0 Å². The van der Waals surface area contributed by atoms with E-state index in [4.69, 9.17) is 10.2 Å². The van der Waals surface area contributed by atoms with Gasteiger partial charge in [-0.05, 0) is 62.6 Å². The van der Waals surface area contributed by atoms with Crippen molar-refractivity contribution >= 4 is 38.5 Å². The van der Waals surface area contributed by atoms with Crippen molar-refractivity contribution in [3.63, 3.8) is 0 Å². The zero-order chi connectivity index (χ0) is 11.7. The third kappa shape index (κ3) is 2.19. The number of nitrogens with two attached hydrogens (primary N) is 1. The Bertz CT molecular complexity index is 509. The second-order valence-corrected chi connectivity index (χ2v) is 5.52. The molecule has 4 heteroatoms. The molecular weight excluding hydrogens is 381 g/mol. The van der Waals surface area contributed by atoms with Gasteiger partial charge >= 0.3 is 0 Å². The lowest BCUT2D eigenvalue weighted by Crippen LogP contribution is -2.13. The zero-order valence-electron chi connectivity index (χ0n) is 8.71. The van der Waals surface area contributed by atoms with Crippen molar-refractivity contribution in [1.82, 2.24) is 0 Å². The molecule has 1 heterocycles. The summed E-state index contributed by atoms with van der Waals surface area (Å²) in [6.07, 6.45) is 1.64. The molecule has 0 radical (unpaired) electrons. The number of hydrogen-bond acceptors (Lipinski definition) is 2. The quantitative estimate of drug-likeness (QED) is 0.785. The molecule has 2 N–H and O–H groups in total. The van der Waals surface area contributed by atoms with E-state index in [1.165, 1.54) is 9.13 Å². The first-order valence-electron chi connectivity index (χ1n) is 4.84. The van der Waals surface area contributed by atoms with E-state index in [-0.39, 0.29) is 6.04 Å². The predicted octanol–water partition coefficient (Wildman–Crippen LogP) is 4.00. The van der Waals surface area contributed by atoms with E-state index in [9.17, 15) is 0 Å². The lowest BCUT2D eigenvalue weighted by atomic mass is 10.0. The number of benzene rings is 1. The van der Waals surface area contributed by atoms with Crippen molar-refractivity contribution in [3.8, 4) is 0 Å². The molecule has 16 heavy (non-hydrogen) atoms. The van der Waals surface area contributed by atoms with E-state index in [1.54, 1.807) is 6.26 Å². The Morgan fingerprint density at radius 3 is 2.75 bits per heavy atom. The summed E-state index contributed by atoms with van der Waals surface area (Å²) in [5.74, 6) is 0.767. The first-order chi connectivity index (χ1) is 7.61. The summed E-state index contributed by atoms with van der Waals surface area (Å²) >= 11 is 5.75. The number of aryl methyl sites for hydroxylation is 1. The average Bonchev–Trinajstić information content (AvgIpc) is 2.68. The SMILES string of the molecule is Cc1cccc(C(N)c2occc2Br)c1I. The predicted molar refractivity (Wildman–Crippen MR) is 76.3 cm³/mol. The van der Waals surface area contributed by atoms with Crippen LogP contribution in [-0.4, -0.2) is 0 Å². The minimum Gasteiger partial charge on any atom is -0.466 e. The molecule has 1 unspecified atom stereocenters. The second-order valence-electron chi connectivity index (χ2n) is 3.59. The molecule has 0 bridgehead atoms. The minimum atomic E-state index is -0.226. The summed E-state index contributed by atoms with van der Waals surface area (Å²) in [7, 11) is 0. The Labute approximate surface area is 116 Å². The van der Waals surface area contributed by atoms with Gasteiger partial charge in [0.05, 0.1) is 16.8 Å². The lowest BCUT2D eigenvalue weighted by Gasteiger charge is -2.13. The molecule has 0 aliphatic rings. The van der Waals surface area contributed by atoms with Crippen LogP contribution in [0.15, 0.2) is 39.4 Å². The van der Waals surface area contributed by atoms with Crippen molar-refractivity contribution in [2.45, 2.75) is 13.0 Å². The van der Waals surface area contributed by atoms with Crippen LogP contribution < -0.4 is 5.73 Å². The molecule has 0 saturated heterocycles. The average molecular weight is 392 g/mol. The third-order valence-electron chi connectivity index (χ3n) is 2.48. The molecule has 1 aromatic carbocycles. The molecule has 2 rings (SSSR count). The molecule has 1 atom stereocenters. The Morgan fingerprint density at radius 2 is 2.12 bits per heavy atom. The van der Waals surface area contributed by atoms with Crippen LogP contribution in [0.3, 0.4) is 0 Å². The molecule has 84 valence electrons. The van der Waals surface area contributed by atoms with Crippen LogP contribution in [0.1, 0.15) is 22.9 Å². The van der Waals surface area contributed by atoms with Crippen molar-refractivity contribution in [3.05, 3.63) is 55.5 Å². The fourth-order valence-electron chi connectivity index (χ4n) is 1.58. The monoisotopic (exact) mass is 391 g/mol. The molecule has 2 nitrogen and oxygen atoms in total. The number of rotatable bonds is 2. The van der Waals surface area contributed by atoms with Crippen molar-refractivity contribution < 1.29 is 4.42 Å². The van der Waals surface area contributed by atoms with Gasteiger partial charge in [0.15, 0.2) is 0 Å². The highest BCUT2D eigenvalue weighted by Crippen LogP contribution is 2.31. The molecule has 0 saturated carbocycles. The van der Waals surface area contributed by atoms with Gasteiger partial charge in [-0.25, -0.2) is 0 Å². The summed E-state index contributed by atoms with van der Waals surface area (Å²) in [5.41, 5.74) is 8.53. The molecule has 0 amide bonds. The Morgan fingerprint density at radius 1 is 1.38 bits per heavy atom. The Balaban J connectivity index is 2.46. The van der Waals surface area contributed by atoms with Gasteiger partial charge in [-0.1, -0.05) is 18.2 Å². The van der Waals surface area contributed by atoms with Gasteiger partial charge in [-0.2, -0.15) is 0 Å². The maximum Gasteiger partial charge on any atom is 0.139 e. The van der Waals surface area contributed by atoms with Crippen molar-refractivity contribution in [1.29, 1.82) is 0 Å². The van der Waals surface area contributed by atoms with Crippen LogP contribution in [0.5, 0.6) is 0 Å². The normalized spacial score (nSPS) is 12.8. The molecule has 2 aromatic rings. The fourth-order valence-corrected chi connectivity index (χ4v) is 2.72. The summed E-state index contributed by atoms with van der Waals surface area (Å²) in [5, 5.41) is 0. The zero-order valence-corrected chi connectivity index (χ0v) is 12.4. The van der Waals surface area contributed by atoms with E-state index in [2.05, 4.69) is 51.5 Å². The van der Waals surface area contributed by atoms with Gasteiger partial charge in [0.2, 0.25) is 0 Å². The molecule has 0 fully saturated rings. The Kier molecular flexibility index (Phi) is 3.71. The fraction of sp³-hybridized carbons (Fsp3) is 0.167. The van der Waals surface area contributed by atoms with Crippen LogP contribution in [-0.2, 0) is 0 Å². The van der Waals surface area contributed by atoms with E-state index >= 15 is 0 Å². The molecule has 0 aliphatic carbocycles. The largest absolute Gasteiger partial charge is 0.466 e. The van der Waals surface area contributed by atoms with Crippen molar-refractivity contribution in [2.75, 3.05) is 0 Å². The number of halogens is 2. The summed E-state index contributed by atoms with van der Waals surface area (Å²) in [6, 6.07) is 7.77. The third-order valence-corrected chi connectivity index (χ3v) is 4.61. The highest BCUT2D eigenvalue weighted by molar-refractivity contribution is 14.1. The molecule has 0 spiro atoms. The van der Waals surface area contributed by atoms with E-state index < -0.39 is 0 Å². The summed E-state index contributed by atoms with van der Waals surface area (Å²) in [6.45, 7) is 2.08. The van der Waals surface area contributed by atoms with E-state index in [0.717, 1.165) is 15.8 Å². The van der Waals surface area contributed by atoms with Crippen LogP contribution in [0.2, 0.25) is 0 Å². The lowest BCUT2D eigenvalue weighted by molar-refractivity contribution is 0.487. The standard InChI is InChI=1S/C12H11BrINO/c1-7-3-2-4-8(10(7)14)11(15)12-9(13)5-6-16-12/h2-6,11H,15H2,1H3. The highest BCUT2D eigenvalue weighted by Gasteiger charge is 2.18. The summed E-state index contributed by atoms with van der Waals surface area (Å²) < 4.78 is 7.50. The van der Waals surface area contributed by atoms with Crippen LogP contribution in [0.25, 0.3) is 0 Å². The second kappa shape index (κ2) is 4.89. The van der Waals surface area contributed by atoms with Gasteiger partial charge in [0.25, 0.3) is 0 Å². The highest BCUT2D eigenvalue weighted by atomic mass is 127. The van der Waals surface area contributed by atoms with Crippen molar-refractivity contribution in [2.24, 2.45) is 5.73 Å². The maximum absolute atomic E-state index is 6.20. The summed E-state index contributed by atoms with van der Waals surface area (Å²) in [4.78, 5) is 0. The smallest absolute Gasteiger partial charge is 0.139 e. The topological polar surface area (TPSA) is 39.2 Å². The molecular formula is C12H11BrINO. The molecule has 0 aliphatic heterocycles. The number of furan rings is 1. The minimum absolute atomic E-state index is 0.226. The van der Waals surface area contributed by atoms with Gasteiger partial charge in [0.1, 0.15) is 5.76 Å². The van der Waals surface area contributed by atoms with Gasteiger partial charge < -0.3 is 10.2 Å². The first-order valence-corrected chi connectivity index (χ1v) is 6.72. The van der Waals surface area contributed by atoms with Crippen LogP contribution in [0, 0.1) is 10.5 Å². The van der Waals surface area contributed by atoms with E-state index in [1.807, 2.05) is 18.2 Å².